The van der Waals surface area contributed by atoms with Gasteiger partial charge in [-0.15, -0.1) is 0 Å². The van der Waals surface area contributed by atoms with E-state index in [0.29, 0.717) is 12.0 Å². The monoisotopic (exact) mass is 235 g/mol. The summed E-state index contributed by atoms with van der Waals surface area (Å²) in [6, 6.07) is 0. The lowest BCUT2D eigenvalue weighted by Gasteiger charge is -2.04. The molecule has 0 aliphatic rings. The van der Waals surface area contributed by atoms with E-state index in [2.05, 4.69) is 9.97 Å². The minimum absolute atomic E-state index is 0.0121. The number of nitrogens with zero attached hydrogens (tertiary/aromatic N) is 1. The van der Waals surface area contributed by atoms with Crippen LogP contribution in [0.1, 0.15) is 18.9 Å². The second-order valence-electron chi connectivity index (χ2n) is 3.93. The van der Waals surface area contributed by atoms with Crippen LogP contribution < -0.4 is 16.7 Å². The number of fused-ring (bicyclic) bond motifs is 1. The Hall–Kier alpha value is -2.11. The first kappa shape index (κ1) is 11.4. The van der Waals surface area contributed by atoms with Crippen molar-refractivity contribution in [2.24, 2.45) is 7.05 Å². The summed E-state index contributed by atoms with van der Waals surface area (Å²) >= 11 is 0. The molecule has 0 saturated carbocycles. The lowest BCUT2D eigenvalue weighted by molar-refractivity contribution is 0.823. The average Bonchev–Trinajstić information content (AvgIpc) is 2.29. The van der Waals surface area contributed by atoms with Crippen molar-refractivity contribution in [1.82, 2.24) is 14.5 Å². The number of hydrogen-bond acceptors (Lipinski definition) is 3. The highest BCUT2D eigenvalue weighted by Crippen LogP contribution is 2.01. The van der Waals surface area contributed by atoms with Crippen molar-refractivity contribution in [3.8, 4) is 0 Å². The molecule has 90 valence electrons. The van der Waals surface area contributed by atoms with Gasteiger partial charge in [-0.05, 0) is 6.42 Å². The van der Waals surface area contributed by atoms with Crippen LogP contribution in [0, 0.1) is 0 Å². The first-order valence-electron chi connectivity index (χ1n) is 5.39. The van der Waals surface area contributed by atoms with Crippen LogP contribution in [0.2, 0.25) is 0 Å². The van der Waals surface area contributed by atoms with Crippen molar-refractivity contribution in [2.45, 2.75) is 19.8 Å². The Kier molecular flexibility index (Phi) is 2.71. The van der Waals surface area contributed by atoms with E-state index in [4.69, 9.17) is 0 Å². The average molecular weight is 235 g/mol. The zero-order valence-electron chi connectivity index (χ0n) is 9.66. The SMILES string of the molecule is CCCc1c[nH]c2c(c(=O)[nH]c(=O)n2C)c1=O. The maximum atomic E-state index is 12.0. The van der Waals surface area contributed by atoms with Gasteiger partial charge in [-0.3, -0.25) is 19.1 Å². The summed E-state index contributed by atoms with van der Waals surface area (Å²) in [4.78, 5) is 40.0. The van der Waals surface area contributed by atoms with E-state index in [-0.39, 0.29) is 16.5 Å². The third-order valence-electron chi connectivity index (χ3n) is 2.75. The number of rotatable bonds is 2. The van der Waals surface area contributed by atoms with Gasteiger partial charge in [0, 0.05) is 18.8 Å². The number of hydrogen-bond donors (Lipinski definition) is 2. The third-order valence-corrected chi connectivity index (χ3v) is 2.75. The minimum atomic E-state index is -0.637. The molecule has 0 amide bonds. The first-order chi connectivity index (χ1) is 8.06. The molecule has 6 nitrogen and oxygen atoms in total. The molecule has 2 aromatic heterocycles. The molecule has 0 bridgehead atoms. The highest BCUT2D eigenvalue weighted by Gasteiger charge is 2.11. The predicted octanol–water partition coefficient (Wildman–Crippen LogP) is -0.132. The fraction of sp³-hybridized carbons (Fsp3) is 0.364. The highest BCUT2D eigenvalue weighted by molar-refractivity contribution is 5.73. The quantitative estimate of drug-likeness (QED) is 0.759. The van der Waals surface area contributed by atoms with Gasteiger partial charge < -0.3 is 4.98 Å². The summed E-state index contributed by atoms with van der Waals surface area (Å²) in [5.74, 6) is 0. The molecule has 0 atom stereocenters. The van der Waals surface area contributed by atoms with Gasteiger partial charge in [-0.1, -0.05) is 13.3 Å². The van der Waals surface area contributed by atoms with Crippen molar-refractivity contribution in [2.75, 3.05) is 0 Å². The van der Waals surface area contributed by atoms with Crippen molar-refractivity contribution in [1.29, 1.82) is 0 Å². The standard InChI is InChI=1S/C11H13N3O3/c1-3-4-6-5-12-9-7(8(6)15)10(16)13-11(17)14(9)2/h5H,3-4H2,1-2H3,(H,12,15)(H,13,16,17). The molecule has 0 spiro atoms. The second-order valence-corrected chi connectivity index (χ2v) is 3.93. The second kappa shape index (κ2) is 4.04. The number of H-pyrrole nitrogens is 2. The van der Waals surface area contributed by atoms with Crippen LogP contribution in [-0.4, -0.2) is 14.5 Å². The van der Waals surface area contributed by atoms with Gasteiger partial charge in [-0.2, -0.15) is 0 Å². The zero-order chi connectivity index (χ0) is 12.6. The Morgan fingerprint density at radius 2 is 2.00 bits per heavy atom. The van der Waals surface area contributed by atoms with Crippen LogP contribution in [0.15, 0.2) is 20.6 Å². The lowest BCUT2D eigenvalue weighted by atomic mass is 10.1. The summed E-state index contributed by atoms with van der Waals surface area (Å²) in [5, 5.41) is 0.0121. The maximum absolute atomic E-state index is 12.0. The zero-order valence-corrected chi connectivity index (χ0v) is 9.66. The molecule has 0 unspecified atom stereocenters. The Balaban J connectivity index is 2.97. The van der Waals surface area contributed by atoms with Gasteiger partial charge in [0.1, 0.15) is 11.0 Å². The van der Waals surface area contributed by atoms with Crippen LogP contribution in [0.3, 0.4) is 0 Å². The van der Waals surface area contributed by atoms with Gasteiger partial charge in [0.25, 0.3) is 5.56 Å². The van der Waals surface area contributed by atoms with Gasteiger partial charge in [0.2, 0.25) is 0 Å². The number of pyridine rings is 1. The summed E-state index contributed by atoms with van der Waals surface area (Å²) in [6.45, 7) is 1.95. The van der Waals surface area contributed by atoms with Crippen molar-refractivity contribution in [3.05, 3.63) is 42.8 Å². The number of aryl methyl sites for hydroxylation is 2. The minimum Gasteiger partial charge on any atom is -0.347 e. The van der Waals surface area contributed by atoms with Crippen LogP contribution in [-0.2, 0) is 13.5 Å². The number of aromatic nitrogens is 3. The van der Waals surface area contributed by atoms with Crippen molar-refractivity contribution >= 4 is 11.0 Å². The molecule has 0 aromatic carbocycles. The molecule has 2 N–H and O–H groups in total. The molecule has 0 aliphatic heterocycles. The van der Waals surface area contributed by atoms with Crippen LogP contribution in [0.5, 0.6) is 0 Å². The molecular formula is C11H13N3O3. The van der Waals surface area contributed by atoms with Crippen LogP contribution >= 0.6 is 0 Å². The fourth-order valence-corrected chi connectivity index (χ4v) is 1.84. The highest BCUT2D eigenvalue weighted by atomic mass is 16.2. The maximum Gasteiger partial charge on any atom is 0.329 e. The number of nitrogens with one attached hydrogen (secondary N) is 2. The molecule has 2 heterocycles. The Bertz CT molecular complexity index is 736. The molecule has 2 rings (SSSR count). The lowest BCUT2D eigenvalue weighted by Crippen LogP contribution is -2.32. The van der Waals surface area contributed by atoms with Crippen molar-refractivity contribution in [3.63, 3.8) is 0 Å². The van der Waals surface area contributed by atoms with E-state index in [0.717, 1.165) is 6.42 Å². The van der Waals surface area contributed by atoms with Gasteiger partial charge in [0.05, 0.1) is 0 Å². The normalized spacial score (nSPS) is 10.9. The first-order valence-corrected chi connectivity index (χ1v) is 5.39. The smallest absolute Gasteiger partial charge is 0.329 e. The summed E-state index contributed by atoms with van der Waals surface area (Å²) < 4.78 is 1.22. The Morgan fingerprint density at radius 1 is 1.29 bits per heavy atom. The van der Waals surface area contributed by atoms with E-state index < -0.39 is 11.2 Å². The third kappa shape index (κ3) is 1.71. The summed E-state index contributed by atoms with van der Waals surface area (Å²) in [7, 11) is 1.50. The van der Waals surface area contributed by atoms with E-state index in [1.54, 1.807) is 6.20 Å². The van der Waals surface area contributed by atoms with Gasteiger partial charge in [-0.25, -0.2) is 4.79 Å². The van der Waals surface area contributed by atoms with E-state index in [9.17, 15) is 14.4 Å². The molecule has 0 aliphatic carbocycles. The molecular weight excluding hydrogens is 222 g/mol. The molecule has 2 aromatic rings. The topological polar surface area (TPSA) is 87.7 Å². The van der Waals surface area contributed by atoms with Gasteiger partial charge in [0.15, 0.2) is 5.43 Å². The Labute approximate surface area is 95.9 Å². The largest absolute Gasteiger partial charge is 0.347 e. The van der Waals surface area contributed by atoms with E-state index in [1.165, 1.54) is 11.6 Å². The molecule has 6 heteroatoms. The fourth-order valence-electron chi connectivity index (χ4n) is 1.84. The molecule has 0 saturated heterocycles. The predicted molar refractivity (Wildman–Crippen MR) is 64.4 cm³/mol. The van der Waals surface area contributed by atoms with E-state index >= 15 is 0 Å². The number of aromatic amines is 2. The van der Waals surface area contributed by atoms with Crippen molar-refractivity contribution < 1.29 is 0 Å². The molecule has 0 fully saturated rings. The Morgan fingerprint density at radius 3 is 2.65 bits per heavy atom. The summed E-state index contributed by atoms with van der Waals surface area (Å²) in [5.41, 5.74) is -0.672. The molecule has 0 radical (unpaired) electrons. The van der Waals surface area contributed by atoms with Gasteiger partial charge >= 0.3 is 5.69 Å². The summed E-state index contributed by atoms with van der Waals surface area (Å²) in [6.07, 6.45) is 2.98. The van der Waals surface area contributed by atoms with Crippen LogP contribution in [0.4, 0.5) is 0 Å². The molecule has 17 heavy (non-hydrogen) atoms. The van der Waals surface area contributed by atoms with Crippen LogP contribution in [0.25, 0.3) is 11.0 Å². The van der Waals surface area contributed by atoms with E-state index in [1.807, 2.05) is 6.92 Å².